The Morgan fingerprint density at radius 2 is 2.22 bits per heavy atom. The quantitative estimate of drug-likeness (QED) is 0.813. The van der Waals surface area contributed by atoms with Crippen LogP contribution in [0, 0.1) is 6.92 Å². The summed E-state index contributed by atoms with van der Waals surface area (Å²) in [6.45, 7) is 2.43. The zero-order chi connectivity index (χ0) is 13.3. The van der Waals surface area contributed by atoms with Gasteiger partial charge in [-0.2, -0.15) is 5.10 Å². The van der Waals surface area contributed by atoms with Crippen molar-refractivity contribution in [1.29, 1.82) is 0 Å². The van der Waals surface area contributed by atoms with Crippen LogP contribution in [-0.2, 0) is 24.8 Å². The Morgan fingerprint density at radius 3 is 2.83 bits per heavy atom. The fourth-order valence-electron chi connectivity index (χ4n) is 2.11. The lowest BCUT2D eigenvalue weighted by atomic mass is 10.3. The largest absolute Gasteiger partial charge is 0.370 e. The van der Waals surface area contributed by atoms with E-state index in [-0.39, 0.29) is 12.3 Å². The molecule has 2 heterocycles. The van der Waals surface area contributed by atoms with Crippen LogP contribution in [0.5, 0.6) is 0 Å². The summed E-state index contributed by atoms with van der Waals surface area (Å²) in [5, 5.41) is 4.32. The van der Waals surface area contributed by atoms with Crippen LogP contribution in [0.25, 0.3) is 11.2 Å². The summed E-state index contributed by atoms with van der Waals surface area (Å²) in [6, 6.07) is 0. The number of amides is 1. The number of alkyl halides is 1. The first-order chi connectivity index (χ1) is 8.54. The van der Waals surface area contributed by atoms with Crippen molar-refractivity contribution in [3.8, 4) is 0 Å². The van der Waals surface area contributed by atoms with E-state index in [1.807, 2.05) is 18.5 Å². The van der Waals surface area contributed by atoms with Gasteiger partial charge in [-0.25, -0.2) is 4.98 Å². The summed E-state index contributed by atoms with van der Waals surface area (Å²) >= 11 is 5.78. The minimum absolute atomic E-state index is 0.283. The average Bonchev–Trinajstić information content (AvgIpc) is 2.77. The smallest absolute Gasteiger partial charge is 0.219 e. The Kier molecular flexibility index (Phi) is 3.56. The molecule has 2 N–H and O–H groups in total. The van der Waals surface area contributed by atoms with Crippen molar-refractivity contribution in [2.24, 2.45) is 12.8 Å². The zero-order valence-corrected chi connectivity index (χ0v) is 11.2. The van der Waals surface area contributed by atoms with E-state index >= 15 is 0 Å². The summed E-state index contributed by atoms with van der Waals surface area (Å²) in [5.41, 5.74) is 7.85. The van der Waals surface area contributed by atoms with Crippen molar-refractivity contribution >= 4 is 28.7 Å². The minimum Gasteiger partial charge on any atom is -0.370 e. The van der Waals surface area contributed by atoms with Crippen molar-refractivity contribution in [2.75, 3.05) is 5.88 Å². The Bertz CT molecular complexity index is 586. The molecular formula is C11H16ClN5O. The first-order valence-electron chi connectivity index (χ1n) is 5.77. The third-order valence-corrected chi connectivity index (χ3v) is 3.06. The number of primary amides is 1. The molecule has 18 heavy (non-hydrogen) atoms. The predicted octanol–water partition coefficient (Wildman–Crippen LogP) is 0.735. The molecule has 2 rings (SSSR count). The van der Waals surface area contributed by atoms with Crippen LogP contribution in [0.1, 0.15) is 17.9 Å². The molecule has 0 aromatic carbocycles. The minimum atomic E-state index is -0.326. The van der Waals surface area contributed by atoms with Crippen LogP contribution in [0.3, 0.4) is 0 Å². The standard InChI is InChI=1S/C11H16ClN5O/c1-7-10-11(16(2)15-7)17(6-4-8(13)18)9(14-10)3-5-12/h3-6H2,1-2H3,(H2,13,18). The molecule has 0 fully saturated rings. The number of imidazole rings is 1. The third kappa shape index (κ3) is 2.20. The van der Waals surface area contributed by atoms with E-state index < -0.39 is 0 Å². The van der Waals surface area contributed by atoms with Gasteiger partial charge < -0.3 is 10.3 Å². The summed E-state index contributed by atoms with van der Waals surface area (Å²) < 4.78 is 3.75. The van der Waals surface area contributed by atoms with Gasteiger partial charge in [0.25, 0.3) is 0 Å². The highest BCUT2D eigenvalue weighted by Crippen LogP contribution is 2.19. The Morgan fingerprint density at radius 1 is 1.50 bits per heavy atom. The van der Waals surface area contributed by atoms with Crippen LogP contribution in [0.2, 0.25) is 0 Å². The molecule has 0 unspecified atom stereocenters. The monoisotopic (exact) mass is 269 g/mol. The maximum absolute atomic E-state index is 10.9. The predicted molar refractivity (Wildman–Crippen MR) is 69.5 cm³/mol. The van der Waals surface area contributed by atoms with Crippen LogP contribution >= 0.6 is 11.6 Å². The van der Waals surface area contributed by atoms with Gasteiger partial charge in [-0.1, -0.05) is 0 Å². The van der Waals surface area contributed by atoms with Gasteiger partial charge in [-0.3, -0.25) is 9.48 Å². The van der Waals surface area contributed by atoms with Gasteiger partial charge in [0.1, 0.15) is 11.3 Å². The molecule has 98 valence electrons. The molecular weight excluding hydrogens is 254 g/mol. The number of carbonyl (C=O) groups excluding carboxylic acids is 1. The molecule has 0 aliphatic heterocycles. The van der Waals surface area contributed by atoms with Gasteiger partial charge >= 0.3 is 0 Å². The first kappa shape index (κ1) is 12.9. The van der Waals surface area contributed by atoms with E-state index in [1.54, 1.807) is 4.68 Å². The molecule has 0 bridgehead atoms. The van der Waals surface area contributed by atoms with Crippen molar-refractivity contribution in [3.05, 3.63) is 11.5 Å². The van der Waals surface area contributed by atoms with Crippen molar-refractivity contribution in [2.45, 2.75) is 26.3 Å². The van der Waals surface area contributed by atoms with Crippen LogP contribution < -0.4 is 5.73 Å². The maximum Gasteiger partial charge on any atom is 0.219 e. The molecule has 0 spiro atoms. The van der Waals surface area contributed by atoms with E-state index in [1.165, 1.54) is 0 Å². The summed E-state index contributed by atoms with van der Waals surface area (Å²) in [4.78, 5) is 15.5. The number of carbonyl (C=O) groups is 1. The zero-order valence-electron chi connectivity index (χ0n) is 10.5. The van der Waals surface area contributed by atoms with E-state index in [9.17, 15) is 4.79 Å². The number of nitrogens with zero attached hydrogens (tertiary/aromatic N) is 4. The second kappa shape index (κ2) is 4.97. The Balaban J connectivity index is 2.50. The van der Waals surface area contributed by atoms with E-state index in [2.05, 4.69) is 10.1 Å². The molecule has 6 nitrogen and oxygen atoms in total. The Labute approximate surface area is 110 Å². The van der Waals surface area contributed by atoms with Gasteiger partial charge in [0.15, 0.2) is 5.65 Å². The number of hydrogen-bond acceptors (Lipinski definition) is 3. The number of hydrogen-bond donors (Lipinski definition) is 1. The second-order valence-corrected chi connectivity index (χ2v) is 4.59. The summed E-state index contributed by atoms with van der Waals surface area (Å²) in [7, 11) is 1.86. The highest BCUT2D eigenvalue weighted by Gasteiger charge is 2.17. The molecule has 0 saturated carbocycles. The molecule has 7 heteroatoms. The molecule has 1 amide bonds. The third-order valence-electron chi connectivity index (χ3n) is 2.87. The van der Waals surface area contributed by atoms with Crippen LogP contribution in [0.4, 0.5) is 0 Å². The van der Waals surface area contributed by atoms with Crippen molar-refractivity contribution in [3.63, 3.8) is 0 Å². The van der Waals surface area contributed by atoms with Crippen LogP contribution in [-0.4, -0.2) is 31.1 Å². The first-order valence-corrected chi connectivity index (χ1v) is 6.31. The van der Waals surface area contributed by atoms with Crippen molar-refractivity contribution < 1.29 is 4.79 Å². The molecule has 2 aromatic heterocycles. The Hall–Kier alpha value is -1.56. The van der Waals surface area contributed by atoms with Gasteiger partial charge in [0, 0.05) is 32.3 Å². The lowest BCUT2D eigenvalue weighted by Gasteiger charge is -2.07. The van der Waals surface area contributed by atoms with E-state index in [0.717, 1.165) is 22.7 Å². The number of halogens is 1. The normalized spacial score (nSPS) is 11.3. The molecule has 0 saturated heterocycles. The average molecular weight is 270 g/mol. The van der Waals surface area contributed by atoms with E-state index in [4.69, 9.17) is 17.3 Å². The molecule has 0 aliphatic rings. The summed E-state index contributed by atoms with van der Waals surface area (Å²) in [6.07, 6.45) is 0.944. The van der Waals surface area contributed by atoms with Crippen molar-refractivity contribution in [1.82, 2.24) is 19.3 Å². The maximum atomic E-state index is 10.9. The lowest BCUT2D eigenvalue weighted by Crippen LogP contribution is -2.16. The number of aryl methyl sites for hydroxylation is 4. The topological polar surface area (TPSA) is 78.7 Å². The number of rotatable bonds is 5. The highest BCUT2D eigenvalue weighted by molar-refractivity contribution is 6.17. The lowest BCUT2D eigenvalue weighted by molar-refractivity contribution is -0.118. The van der Waals surface area contributed by atoms with Crippen LogP contribution in [0.15, 0.2) is 0 Å². The fraction of sp³-hybridized carbons (Fsp3) is 0.545. The number of nitrogens with two attached hydrogens (primary N) is 1. The van der Waals surface area contributed by atoms with Gasteiger partial charge in [-0.15, -0.1) is 11.6 Å². The number of fused-ring (bicyclic) bond motifs is 1. The van der Waals surface area contributed by atoms with E-state index in [0.29, 0.717) is 18.8 Å². The molecule has 0 radical (unpaired) electrons. The summed E-state index contributed by atoms with van der Waals surface area (Å²) in [5.74, 6) is 1.04. The second-order valence-electron chi connectivity index (χ2n) is 4.22. The molecule has 0 atom stereocenters. The van der Waals surface area contributed by atoms with Gasteiger partial charge in [0.05, 0.1) is 5.69 Å². The SMILES string of the molecule is Cc1nn(C)c2c1nc(CCCl)n2CCC(N)=O. The van der Waals surface area contributed by atoms with Gasteiger partial charge in [0.2, 0.25) is 5.91 Å². The molecule has 0 aliphatic carbocycles. The molecule has 2 aromatic rings. The van der Waals surface area contributed by atoms with Gasteiger partial charge in [-0.05, 0) is 6.92 Å². The number of aromatic nitrogens is 4. The fourth-order valence-corrected chi connectivity index (χ4v) is 2.28. The highest BCUT2D eigenvalue weighted by atomic mass is 35.5.